The van der Waals surface area contributed by atoms with E-state index < -0.39 is 9.84 Å². The molecule has 5 nitrogen and oxygen atoms in total. The van der Waals surface area contributed by atoms with Crippen molar-refractivity contribution in [3.8, 4) is 5.75 Å². The fourth-order valence-electron chi connectivity index (χ4n) is 4.16. The fourth-order valence-corrected chi connectivity index (χ4v) is 4.79. The topological polar surface area (TPSA) is 49.9 Å². The summed E-state index contributed by atoms with van der Waals surface area (Å²) in [5, 5.41) is 0. The van der Waals surface area contributed by atoms with Crippen molar-refractivity contribution in [2.45, 2.75) is 37.3 Å². The van der Waals surface area contributed by atoms with Crippen molar-refractivity contribution in [2.24, 2.45) is 0 Å². The largest absolute Gasteiger partial charge is 0.490 e. The van der Waals surface area contributed by atoms with Gasteiger partial charge in [0, 0.05) is 50.6 Å². The molecule has 2 heterocycles. The van der Waals surface area contributed by atoms with Crippen LogP contribution in [0.15, 0.2) is 47.4 Å². The van der Waals surface area contributed by atoms with E-state index in [1.165, 1.54) is 17.4 Å². The minimum Gasteiger partial charge on any atom is -0.490 e. The van der Waals surface area contributed by atoms with E-state index in [1.807, 2.05) is 12.1 Å². The van der Waals surface area contributed by atoms with Gasteiger partial charge in [-0.1, -0.05) is 12.1 Å². The molecular weight excluding hydrogens is 372 g/mol. The maximum atomic E-state index is 11.6. The van der Waals surface area contributed by atoms with Crippen LogP contribution in [0, 0.1) is 0 Å². The van der Waals surface area contributed by atoms with Gasteiger partial charge >= 0.3 is 0 Å². The van der Waals surface area contributed by atoms with Gasteiger partial charge in [0.2, 0.25) is 0 Å². The van der Waals surface area contributed by atoms with Gasteiger partial charge in [-0.3, -0.25) is 4.90 Å². The molecule has 1 fully saturated rings. The third kappa shape index (κ3) is 3.89. The van der Waals surface area contributed by atoms with Gasteiger partial charge in [0.15, 0.2) is 9.84 Å². The highest BCUT2D eigenvalue weighted by Gasteiger charge is 2.25. The Balaban J connectivity index is 1.39. The molecule has 0 bridgehead atoms. The summed E-state index contributed by atoms with van der Waals surface area (Å²) in [5.74, 6) is 1.04. The summed E-state index contributed by atoms with van der Waals surface area (Å²) in [6.45, 7) is 8.19. The third-order valence-electron chi connectivity index (χ3n) is 5.90. The van der Waals surface area contributed by atoms with E-state index in [0.29, 0.717) is 10.9 Å². The molecule has 2 atom stereocenters. The van der Waals surface area contributed by atoms with E-state index in [4.69, 9.17) is 4.74 Å². The first-order chi connectivity index (χ1) is 13.3. The standard InChI is InChI=1S/C22H28N2O3S/c1-16-14-19-5-4-18(15-22(19)27-16)17(2)23-10-12-24(13-11-23)20-6-8-21(9-7-20)28(3,25)26/h4-9,15-17H,10-14H2,1-3H3. The molecule has 2 aromatic rings. The number of sulfone groups is 1. The van der Waals surface area contributed by atoms with Crippen molar-refractivity contribution in [2.75, 3.05) is 37.3 Å². The van der Waals surface area contributed by atoms with E-state index >= 15 is 0 Å². The molecule has 2 aliphatic rings. The minimum absolute atomic E-state index is 0.276. The van der Waals surface area contributed by atoms with E-state index in [-0.39, 0.29) is 6.10 Å². The molecule has 2 aliphatic heterocycles. The quantitative estimate of drug-likeness (QED) is 0.788. The second-order valence-corrected chi connectivity index (χ2v) is 9.98. The molecule has 0 saturated carbocycles. The van der Waals surface area contributed by atoms with Crippen LogP contribution >= 0.6 is 0 Å². The highest BCUT2D eigenvalue weighted by Crippen LogP contribution is 2.33. The molecule has 0 spiro atoms. The smallest absolute Gasteiger partial charge is 0.175 e. The molecule has 2 aromatic carbocycles. The number of piperazine rings is 1. The Labute approximate surface area is 167 Å². The maximum absolute atomic E-state index is 11.6. The summed E-state index contributed by atoms with van der Waals surface area (Å²) in [6.07, 6.45) is 2.52. The van der Waals surface area contributed by atoms with Crippen LogP contribution in [0.1, 0.15) is 31.0 Å². The Morgan fingerprint density at radius 2 is 1.71 bits per heavy atom. The molecule has 2 unspecified atom stereocenters. The molecule has 0 aromatic heterocycles. The number of anilines is 1. The number of fused-ring (bicyclic) bond motifs is 1. The van der Waals surface area contributed by atoms with Crippen LogP contribution in [-0.2, 0) is 16.3 Å². The molecule has 0 N–H and O–H groups in total. The van der Waals surface area contributed by atoms with Crippen molar-refractivity contribution < 1.29 is 13.2 Å². The Morgan fingerprint density at radius 1 is 1.04 bits per heavy atom. The van der Waals surface area contributed by atoms with Gasteiger partial charge in [0.1, 0.15) is 11.9 Å². The van der Waals surface area contributed by atoms with Crippen LogP contribution in [0.3, 0.4) is 0 Å². The summed E-state index contributed by atoms with van der Waals surface area (Å²) < 4.78 is 29.2. The molecule has 0 amide bonds. The summed E-state index contributed by atoms with van der Waals surface area (Å²) >= 11 is 0. The zero-order valence-electron chi connectivity index (χ0n) is 16.8. The highest BCUT2D eigenvalue weighted by molar-refractivity contribution is 7.90. The van der Waals surface area contributed by atoms with E-state index in [1.54, 1.807) is 12.1 Å². The summed E-state index contributed by atoms with van der Waals surface area (Å²) in [4.78, 5) is 5.20. The zero-order chi connectivity index (χ0) is 19.9. The first-order valence-electron chi connectivity index (χ1n) is 9.90. The van der Waals surface area contributed by atoms with Crippen LogP contribution in [0.2, 0.25) is 0 Å². The zero-order valence-corrected chi connectivity index (χ0v) is 17.6. The van der Waals surface area contributed by atoms with Crippen molar-refractivity contribution in [3.63, 3.8) is 0 Å². The lowest BCUT2D eigenvalue weighted by atomic mass is 10.0. The second kappa shape index (κ2) is 7.41. The van der Waals surface area contributed by atoms with Gasteiger partial charge in [-0.25, -0.2) is 8.42 Å². The minimum atomic E-state index is -3.15. The number of ether oxygens (including phenoxy) is 1. The molecule has 28 heavy (non-hydrogen) atoms. The number of hydrogen-bond acceptors (Lipinski definition) is 5. The van der Waals surface area contributed by atoms with Crippen LogP contribution in [0.25, 0.3) is 0 Å². The van der Waals surface area contributed by atoms with E-state index in [9.17, 15) is 8.42 Å². The molecule has 4 rings (SSSR count). The van der Waals surface area contributed by atoms with Gasteiger partial charge in [0.05, 0.1) is 4.90 Å². The predicted octanol–water partition coefficient (Wildman–Crippen LogP) is 3.30. The van der Waals surface area contributed by atoms with E-state index in [0.717, 1.165) is 44.0 Å². The SMILES string of the molecule is CC1Cc2ccc(C(C)N3CCN(c4ccc(S(C)(=O)=O)cc4)CC3)cc2O1. The Bertz CT molecular complexity index is 948. The molecule has 150 valence electrons. The summed E-state index contributed by atoms with van der Waals surface area (Å²) in [5.41, 5.74) is 3.70. The van der Waals surface area contributed by atoms with Crippen LogP contribution < -0.4 is 9.64 Å². The van der Waals surface area contributed by atoms with Crippen LogP contribution in [-0.4, -0.2) is 51.9 Å². The van der Waals surface area contributed by atoms with Gasteiger partial charge in [-0.05, 0) is 55.3 Å². The van der Waals surface area contributed by atoms with E-state index in [2.05, 4.69) is 41.8 Å². The molecular formula is C22H28N2O3S. The number of hydrogen-bond donors (Lipinski definition) is 0. The lowest BCUT2D eigenvalue weighted by Crippen LogP contribution is -2.47. The summed E-state index contributed by atoms with van der Waals surface area (Å²) in [6, 6.07) is 14.2. The number of nitrogens with zero attached hydrogens (tertiary/aromatic N) is 2. The Hall–Kier alpha value is -2.05. The molecule has 6 heteroatoms. The highest BCUT2D eigenvalue weighted by atomic mass is 32.2. The normalized spacial score (nSPS) is 21.2. The molecule has 0 radical (unpaired) electrons. The van der Waals surface area contributed by atoms with Crippen molar-refractivity contribution >= 4 is 15.5 Å². The van der Waals surface area contributed by atoms with Gasteiger partial charge in [-0.15, -0.1) is 0 Å². The Kier molecular flexibility index (Phi) is 5.10. The van der Waals surface area contributed by atoms with Crippen molar-refractivity contribution in [1.82, 2.24) is 4.90 Å². The average molecular weight is 401 g/mol. The fraction of sp³-hybridized carbons (Fsp3) is 0.455. The van der Waals surface area contributed by atoms with Crippen LogP contribution in [0.4, 0.5) is 5.69 Å². The second-order valence-electron chi connectivity index (χ2n) is 7.96. The summed E-state index contributed by atoms with van der Waals surface area (Å²) in [7, 11) is -3.15. The predicted molar refractivity (Wildman–Crippen MR) is 112 cm³/mol. The monoisotopic (exact) mass is 400 g/mol. The van der Waals surface area contributed by atoms with Crippen molar-refractivity contribution in [1.29, 1.82) is 0 Å². The van der Waals surface area contributed by atoms with Gasteiger partial charge in [-0.2, -0.15) is 0 Å². The lowest BCUT2D eigenvalue weighted by molar-refractivity contribution is 0.198. The first-order valence-corrected chi connectivity index (χ1v) is 11.8. The van der Waals surface area contributed by atoms with Crippen LogP contribution in [0.5, 0.6) is 5.75 Å². The maximum Gasteiger partial charge on any atom is 0.175 e. The average Bonchev–Trinajstić information content (AvgIpc) is 3.06. The van der Waals surface area contributed by atoms with Gasteiger partial charge in [0.25, 0.3) is 0 Å². The number of benzene rings is 2. The lowest BCUT2D eigenvalue weighted by Gasteiger charge is -2.39. The van der Waals surface area contributed by atoms with Gasteiger partial charge < -0.3 is 9.64 Å². The Morgan fingerprint density at radius 3 is 2.36 bits per heavy atom. The molecule has 1 saturated heterocycles. The molecule has 0 aliphatic carbocycles. The number of rotatable bonds is 4. The van der Waals surface area contributed by atoms with Crippen molar-refractivity contribution in [3.05, 3.63) is 53.6 Å². The first kappa shape index (κ1) is 19.3. The third-order valence-corrected chi connectivity index (χ3v) is 7.03.